The van der Waals surface area contributed by atoms with Crippen LogP contribution in [0.2, 0.25) is 0 Å². The Morgan fingerprint density at radius 2 is 1.21 bits per heavy atom. The summed E-state index contributed by atoms with van der Waals surface area (Å²) in [6, 6.07) is 45.2. The number of allylic oxidation sites excluding steroid dienone is 4. The first kappa shape index (κ1) is 36.1. The zero-order valence-corrected chi connectivity index (χ0v) is 33.5. The number of rotatable bonds is 1. The Kier molecular flexibility index (Phi) is 8.77. The fraction of sp³-hybridized carbons (Fsp3) is 0.120. The fourth-order valence-electron chi connectivity index (χ4n) is 9.25. The van der Waals surface area contributed by atoms with Crippen LogP contribution in [0.5, 0.6) is 0 Å². The van der Waals surface area contributed by atoms with E-state index in [1.165, 1.54) is 11.1 Å². The molecule has 7 heteroatoms. The molecular formula is C50H34N6Pt. The van der Waals surface area contributed by atoms with Crippen molar-refractivity contribution in [2.45, 2.75) is 37.8 Å². The average Bonchev–Trinajstić information content (AvgIpc) is 3.67. The molecule has 1 aliphatic heterocycles. The molecule has 6 aromatic rings. The van der Waals surface area contributed by atoms with Gasteiger partial charge in [0, 0.05) is 11.4 Å². The third-order valence-corrected chi connectivity index (χ3v) is 11.7. The van der Waals surface area contributed by atoms with Crippen molar-refractivity contribution in [3.63, 3.8) is 0 Å². The molecule has 3 heterocycles. The summed E-state index contributed by atoms with van der Waals surface area (Å²) < 4.78 is 0. The smallest absolute Gasteiger partial charge is 0.666 e. The molecule has 0 N–H and O–H groups in total. The largest absolute Gasteiger partial charge is 2.00 e. The summed E-state index contributed by atoms with van der Waals surface area (Å²) in [5.74, 6) is 0. The predicted molar refractivity (Wildman–Crippen MR) is 222 cm³/mol. The van der Waals surface area contributed by atoms with Gasteiger partial charge in [-0.25, -0.2) is 0 Å². The number of benzene rings is 4. The molecule has 0 fully saturated rings. The maximum atomic E-state index is 10.2. The van der Waals surface area contributed by atoms with Gasteiger partial charge < -0.3 is 10.6 Å². The first-order valence-corrected chi connectivity index (χ1v) is 18.9. The Bertz CT molecular complexity index is 2770. The summed E-state index contributed by atoms with van der Waals surface area (Å²) in [6.07, 6.45) is 10.5. The number of nitriles is 2. The van der Waals surface area contributed by atoms with Crippen molar-refractivity contribution in [3.8, 4) is 34.7 Å². The Balaban J connectivity index is 0.00000422. The normalized spacial score (nSPS) is 19.6. The zero-order valence-electron chi connectivity index (χ0n) is 31.3. The van der Waals surface area contributed by atoms with Crippen molar-refractivity contribution in [2.24, 2.45) is 0 Å². The van der Waals surface area contributed by atoms with Crippen LogP contribution in [0.15, 0.2) is 157 Å². The summed E-state index contributed by atoms with van der Waals surface area (Å²) in [5, 5.41) is 32.1. The monoisotopic (exact) mass is 913 g/mol. The van der Waals surface area contributed by atoms with Crippen molar-refractivity contribution >= 4 is 22.5 Å². The van der Waals surface area contributed by atoms with Crippen LogP contribution >= 0.6 is 0 Å². The molecule has 3 aliphatic carbocycles. The molecule has 0 radical (unpaired) electrons. The molecular weight excluding hydrogens is 880 g/mol. The predicted octanol–water partition coefficient (Wildman–Crippen LogP) is 12.2. The molecule has 0 amide bonds. The van der Waals surface area contributed by atoms with E-state index in [2.05, 4.69) is 98.0 Å². The minimum absolute atomic E-state index is 0. The molecule has 4 aromatic carbocycles. The number of fused-ring (bicyclic) bond motifs is 16. The van der Waals surface area contributed by atoms with Crippen LogP contribution in [0.4, 0.5) is 11.4 Å². The fourth-order valence-corrected chi connectivity index (χ4v) is 9.25. The quantitative estimate of drug-likeness (QED) is 0.164. The van der Waals surface area contributed by atoms with Gasteiger partial charge in [0.1, 0.15) is 0 Å². The van der Waals surface area contributed by atoms with E-state index in [1.807, 2.05) is 73.7 Å². The van der Waals surface area contributed by atoms with Gasteiger partial charge in [0.25, 0.3) is 0 Å². The van der Waals surface area contributed by atoms with Crippen LogP contribution in [-0.4, -0.2) is 9.97 Å². The van der Waals surface area contributed by atoms with E-state index in [0.717, 1.165) is 68.8 Å². The molecule has 274 valence electrons. The minimum Gasteiger partial charge on any atom is -0.666 e. The minimum atomic E-state index is -1.06. The third-order valence-electron chi connectivity index (χ3n) is 11.7. The van der Waals surface area contributed by atoms with E-state index >= 15 is 0 Å². The van der Waals surface area contributed by atoms with Gasteiger partial charge in [-0.3, -0.25) is 9.97 Å². The Hall–Kier alpha value is -6.59. The van der Waals surface area contributed by atoms with Gasteiger partial charge in [0.05, 0.1) is 34.7 Å². The topological polar surface area (TPSA) is 102 Å². The number of pyridine rings is 2. The van der Waals surface area contributed by atoms with E-state index in [0.29, 0.717) is 33.9 Å². The van der Waals surface area contributed by atoms with E-state index in [4.69, 9.17) is 20.6 Å². The standard InChI is InChI=1S/C50H34N6.Pt/c1-3-12-39-31(2)34-13-4-7-16-40(34)49(39)47-21-10-19-43(53-47)38-28-33(30-52)24-26-46(38)56-50(41-17-8-5-14-35(41)36-15-6-9-18-42(36)50)48-22-11-20-44(54-48)37-27-32(29-51)23-25-45(37)55-49;/h3-5,7-14,16-28H,6,15H2,1-2H3;/q-2;+2/b12-3-;. The summed E-state index contributed by atoms with van der Waals surface area (Å²) in [7, 11) is 0. The van der Waals surface area contributed by atoms with Crippen molar-refractivity contribution < 1.29 is 21.1 Å². The molecule has 2 atom stereocenters. The van der Waals surface area contributed by atoms with Gasteiger partial charge in [-0.05, 0) is 142 Å². The van der Waals surface area contributed by atoms with Crippen molar-refractivity contribution in [1.82, 2.24) is 9.97 Å². The molecule has 0 saturated heterocycles. The third kappa shape index (κ3) is 5.25. The van der Waals surface area contributed by atoms with Crippen LogP contribution in [0, 0.1) is 22.7 Å². The van der Waals surface area contributed by atoms with Crippen molar-refractivity contribution in [2.75, 3.05) is 0 Å². The first-order valence-electron chi connectivity index (χ1n) is 18.9. The van der Waals surface area contributed by atoms with Gasteiger partial charge in [0.2, 0.25) is 0 Å². The summed E-state index contributed by atoms with van der Waals surface area (Å²) in [4.78, 5) is 11.1. The Labute approximate surface area is 346 Å². The van der Waals surface area contributed by atoms with Gasteiger partial charge in [-0.15, -0.1) is 11.4 Å². The second kappa shape index (κ2) is 13.9. The molecule has 2 spiro atoms. The maximum Gasteiger partial charge on any atom is 2.00 e. The second-order valence-corrected chi connectivity index (χ2v) is 14.6. The Morgan fingerprint density at radius 1 is 0.649 bits per heavy atom. The number of nitrogens with zero attached hydrogens (tertiary/aromatic N) is 6. The van der Waals surface area contributed by atoms with Gasteiger partial charge in [0.15, 0.2) is 0 Å². The maximum absolute atomic E-state index is 10.2. The Morgan fingerprint density at radius 3 is 1.82 bits per heavy atom. The van der Waals surface area contributed by atoms with Crippen LogP contribution in [-0.2, 0) is 32.1 Å². The molecule has 57 heavy (non-hydrogen) atoms. The van der Waals surface area contributed by atoms with Crippen molar-refractivity contribution in [3.05, 3.63) is 212 Å². The number of aromatic nitrogens is 2. The van der Waals surface area contributed by atoms with E-state index in [-0.39, 0.29) is 21.1 Å². The molecule has 4 bridgehead atoms. The van der Waals surface area contributed by atoms with Crippen molar-refractivity contribution in [1.29, 1.82) is 10.5 Å². The van der Waals surface area contributed by atoms with Crippen LogP contribution in [0.1, 0.15) is 71.5 Å². The van der Waals surface area contributed by atoms with Crippen LogP contribution in [0.25, 0.3) is 44.3 Å². The molecule has 6 nitrogen and oxygen atoms in total. The number of hydrogen-bond acceptors (Lipinski definition) is 4. The second-order valence-electron chi connectivity index (χ2n) is 14.6. The van der Waals surface area contributed by atoms with Crippen LogP contribution < -0.4 is 0 Å². The average molecular weight is 914 g/mol. The summed E-state index contributed by atoms with van der Waals surface area (Å²) >= 11 is 0. The van der Waals surface area contributed by atoms with E-state index in [1.54, 1.807) is 0 Å². The summed E-state index contributed by atoms with van der Waals surface area (Å²) in [6.45, 7) is 4.17. The van der Waals surface area contributed by atoms with Gasteiger partial charge in [-0.2, -0.15) is 10.5 Å². The van der Waals surface area contributed by atoms with E-state index < -0.39 is 11.1 Å². The van der Waals surface area contributed by atoms with E-state index in [9.17, 15) is 10.5 Å². The molecule has 2 aromatic heterocycles. The first-order chi connectivity index (χ1) is 27.5. The molecule has 4 aliphatic rings. The number of hydrogen-bond donors (Lipinski definition) is 0. The zero-order chi connectivity index (χ0) is 38.0. The van der Waals surface area contributed by atoms with Crippen LogP contribution in [0.3, 0.4) is 0 Å². The SMILES string of the molecule is C/C=C\C1=C(C)c2ccccc2C12[N-]c1ccc(C#N)cc1-c1cccc(n1)C1([N-]c3ccc(C#N)cc3-c3cccc2n3)C2=C(CCC=C2)c2ccccc21.[Pt+2]. The molecule has 10 rings (SSSR count). The molecule has 0 saturated carbocycles. The molecule has 2 unspecified atom stereocenters. The van der Waals surface area contributed by atoms with Gasteiger partial charge in [-0.1, -0.05) is 97.1 Å². The summed E-state index contributed by atoms with van der Waals surface area (Å²) in [5.41, 5.74) is 13.5. The van der Waals surface area contributed by atoms with Gasteiger partial charge >= 0.3 is 21.1 Å².